The van der Waals surface area contributed by atoms with E-state index in [1.54, 1.807) is 0 Å². The third-order valence-corrected chi connectivity index (χ3v) is 2.96. The van der Waals surface area contributed by atoms with E-state index in [1.807, 2.05) is 14.1 Å². The molecule has 3 heteroatoms. The van der Waals surface area contributed by atoms with Crippen LogP contribution in [-0.4, -0.2) is 31.9 Å². The normalized spacial score (nSPS) is 19.6. The maximum Gasteiger partial charge on any atom is 0.0638 e. The molecule has 0 aliphatic carbocycles. The molecule has 1 aromatic carbocycles. The fourth-order valence-corrected chi connectivity index (χ4v) is 2.02. The Bertz CT molecular complexity index is 338. The SMILES string of the molecule is CNc1ccc2c(c1)CC(CO)N2C. The van der Waals surface area contributed by atoms with E-state index in [4.69, 9.17) is 0 Å². The summed E-state index contributed by atoms with van der Waals surface area (Å²) in [6.45, 7) is 0.222. The van der Waals surface area contributed by atoms with Gasteiger partial charge < -0.3 is 15.3 Å². The summed E-state index contributed by atoms with van der Waals surface area (Å²) < 4.78 is 0. The Morgan fingerprint density at radius 1 is 1.57 bits per heavy atom. The molecule has 1 aliphatic rings. The molecule has 1 heterocycles. The molecule has 1 aliphatic heterocycles. The van der Waals surface area contributed by atoms with Crippen molar-refractivity contribution in [1.29, 1.82) is 0 Å². The molecule has 1 atom stereocenters. The molecule has 0 bridgehead atoms. The topological polar surface area (TPSA) is 35.5 Å². The van der Waals surface area contributed by atoms with Crippen LogP contribution in [0, 0.1) is 0 Å². The number of nitrogens with one attached hydrogen (secondary N) is 1. The highest BCUT2D eigenvalue weighted by atomic mass is 16.3. The van der Waals surface area contributed by atoms with E-state index in [9.17, 15) is 5.11 Å². The molecule has 1 unspecified atom stereocenters. The Hall–Kier alpha value is -1.22. The van der Waals surface area contributed by atoms with Crippen LogP contribution in [0.15, 0.2) is 18.2 Å². The number of aliphatic hydroxyl groups excluding tert-OH is 1. The first-order valence-corrected chi connectivity index (χ1v) is 4.90. The number of fused-ring (bicyclic) bond motifs is 1. The van der Waals surface area contributed by atoms with Gasteiger partial charge in [-0.2, -0.15) is 0 Å². The van der Waals surface area contributed by atoms with Gasteiger partial charge >= 0.3 is 0 Å². The number of likely N-dealkylation sites (N-methyl/N-ethyl adjacent to an activating group) is 1. The Balaban J connectivity index is 2.34. The lowest BCUT2D eigenvalue weighted by Gasteiger charge is -2.20. The highest BCUT2D eigenvalue weighted by Gasteiger charge is 2.25. The van der Waals surface area contributed by atoms with Gasteiger partial charge in [-0.15, -0.1) is 0 Å². The van der Waals surface area contributed by atoms with Crippen LogP contribution in [0.5, 0.6) is 0 Å². The smallest absolute Gasteiger partial charge is 0.0638 e. The predicted molar refractivity (Wildman–Crippen MR) is 59.0 cm³/mol. The number of anilines is 2. The molecule has 0 spiro atoms. The highest BCUT2D eigenvalue weighted by molar-refractivity contribution is 5.64. The number of benzene rings is 1. The highest BCUT2D eigenvalue weighted by Crippen LogP contribution is 2.32. The summed E-state index contributed by atoms with van der Waals surface area (Å²) in [5.41, 5.74) is 3.69. The van der Waals surface area contributed by atoms with Gasteiger partial charge in [0, 0.05) is 25.5 Å². The molecule has 2 rings (SSSR count). The first-order chi connectivity index (χ1) is 6.76. The van der Waals surface area contributed by atoms with Crippen molar-refractivity contribution in [2.75, 3.05) is 30.9 Å². The van der Waals surface area contributed by atoms with Crippen molar-refractivity contribution in [3.63, 3.8) is 0 Å². The van der Waals surface area contributed by atoms with Crippen LogP contribution in [0.4, 0.5) is 11.4 Å². The lowest BCUT2D eigenvalue weighted by atomic mass is 10.1. The molecule has 76 valence electrons. The number of rotatable bonds is 2. The van der Waals surface area contributed by atoms with Gasteiger partial charge in [0.05, 0.1) is 12.6 Å². The van der Waals surface area contributed by atoms with Gasteiger partial charge in [-0.3, -0.25) is 0 Å². The van der Waals surface area contributed by atoms with Crippen molar-refractivity contribution in [3.05, 3.63) is 23.8 Å². The van der Waals surface area contributed by atoms with Crippen LogP contribution in [0.1, 0.15) is 5.56 Å². The maximum absolute atomic E-state index is 9.18. The van der Waals surface area contributed by atoms with E-state index >= 15 is 0 Å². The lowest BCUT2D eigenvalue weighted by molar-refractivity contribution is 0.266. The van der Waals surface area contributed by atoms with Gasteiger partial charge in [-0.05, 0) is 30.2 Å². The summed E-state index contributed by atoms with van der Waals surface area (Å²) in [6, 6.07) is 6.57. The Morgan fingerprint density at radius 3 is 3.00 bits per heavy atom. The summed E-state index contributed by atoms with van der Waals surface area (Å²) in [7, 11) is 3.95. The van der Waals surface area contributed by atoms with E-state index < -0.39 is 0 Å². The zero-order valence-corrected chi connectivity index (χ0v) is 8.62. The minimum atomic E-state index is 0.222. The minimum absolute atomic E-state index is 0.222. The van der Waals surface area contributed by atoms with Crippen LogP contribution in [0.25, 0.3) is 0 Å². The van der Waals surface area contributed by atoms with Crippen molar-refractivity contribution < 1.29 is 5.11 Å². The molecular weight excluding hydrogens is 176 g/mol. The summed E-state index contributed by atoms with van der Waals surface area (Å²) in [6.07, 6.45) is 0.942. The Labute approximate surface area is 84.4 Å². The van der Waals surface area contributed by atoms with Crippen molar-refractivity contribution in [1.82, 2.24) is 0 Å². The van der Waals surface area contributed by atoms with Crippen molar-refractivity contribution in [2.45, 2.75) is 12.5 Å². The molecule has 0 radical (unpaired) electrons. The largest absolute Gasteiger partial charge is 0.394 e. The first kappa shape index (κ1) is 9.34. The van der Waals surface area contributed by atoms with Gasteiger partial charge in [0.1, 0.15) is 0 Å². The van der Waals surface area contributed by atoms with Crippen LogP contribution in [0.3, 0.4) is 0 Å². The summed E-state index contributed by atoms with van der Waals surface area (Å²) >= 11 is 0. The number of hydrogen-bond donors (Lipinski definition) is 2. The van der Waals surface area contributed by atoms with Crippen LogP contribution in [0.2, 0.25) is 0 Å². The van der Waals surface area contributed by atoms with Gasteiger partial charge in [0.2, 0.25) is 0 Å². The summed E-state index contributed by atoms with van der Waals surface area (Å²) in [5, 5.41) is 12.3. The van der Waals surface area contributed by atoms with Gasteiger partial charge in [0.25, 0.3) is 0 Å². The number of nitrogens with zero attached hydrogens (tertiary/aromatic N) is 1. The average molecular weight is 192 g/mol. The molecule has 0 amide bonds. The van der Waals surface area contributed by atoms with E-state index in [0.717, 1.165) is 12.1 Å². The second-order valence-electron chi connectivity index (χ2n) is 3.74. The second-order valence-corrected chi connectivity index (χ2v) is 3.74. The zero-order valence-electron chi connectivity index (χ0n) is 8.62. The zero-order chi connectivity index (χ0) is 10.1. The fourth-order valence-electron chi connectivity index (χ4n) is 2.02. The Kier molecular flexibility index (Phi) is 2.33. The molecular formula is C11H16N2O. The Morgan fingerprint density at radius 2 is 2.36 bits per heavy atom. The van der Waals surface area contributed by atoms with Crippen molar-refractivity contribution in [2.24, 2.45) is 0 Å². The molecule has 1 aromatic rings. The first-order valence-electron chi connectivity index (χ1n) is 4.90. The number of aliphatic hydroxyl groups is 1. The molecule has 3 nitrogen and oxygen atoms in total. The molecule has 2 N–H and O–H groups in total. The van der Waals surface area contributed by atoms with Crippen molar-refractivity contribution in [3.8, 4) is 0 Å². The summed E-state index contributed by atoms with van der Waals surface area (Å²) in [4.78, 5) is 2.15. The minimum Gasteiger partial charge on any atom is -0.394 e. The van der Waals surface area contributed by atoms with Crippen LogP contribution in [-0.2, 0) is 6.42 Å². The van der Waals surface area contributed by atoms with Gasteiger partial charge in [0.15, 0.2) is 0 Å². The summed E-state index contributed by atoms with van der Waals surface area (Å²) in [5.74, 6) is 0. The lowest BCUT2D eigenvalue weighted by Crippen LogP contribution is -2.30. The third kappa shape index (κ3) is 1.34. The van der Waals surface area contributed by atoms with E-state index in [2.05, 4.69) is 28.4 Å². The van der Waals surface area contributed by atoms with E-state index in [1.165, 1.54) is 11.3 Å². The van der Waals surface area contributed by atoms with Gasteiger partial charge in [-0.25, -0.2) is 0 Å². The van der Waals surface area contributed by atoms with Crippen molar-refractivity contribution >= 4 is 11.4 Å². The molecule has 0 saturated heterocycles. The standard InChI is InChI=1S/C11H16N2O/c1-12-9-3-4-11-8(5-9)6-10(7-14)13(11)2/h3-5,10,12,14H,6-7H2,1-2H3. The fraction of sp³-hybridized carbons (Fsp3) is 0.455. The van der Waals surface area contributed by atoms with Gasteiger partial charge in [-0.1, -0.05) is 0 Å². The van der Waals surface area contributed by atoms with E-state index in [0.29, 0.717) is 0 Å². The maximum atomic E-state index is 9.18. The molecule has 14 heavy (non-hydrogen) atoms. The monoisotopic (exact) mass is 192 g/mol. The van der Waals surface area contributed by atoms with E-state index in [-0.39, 0.29) is 12.6 Å². The number of hydrogen-bond acceptors (Lipinski definition) is 3. The predicted octanol–water partition coefficient (Wildman–Crippen LogP) is 1.08. The molecule has 0 saturated carbocycles. The van der Waals surface area contributed by atoms with Crippen LogP contribution < -0.4 is 10.2 Å². The third-order valence-electron chi connectivity index (χ3n) is 2.96. The molecule has 0 fully saturated rings. The average Bonchev–Trinajstić information content (AvgIpc) is 2.55. The second kappa shape index (κ2) is 3.50. The molecule has 0 aromatic heterocycles. The van der Waals surface area contributed by atoms with Crippen LogP contribution >= 0.6 is 0 Å². The quantitative estimate of drug-likeness (QED) is 0.736.